The zero-order chi connectivity index (χ0) is 11.0. The van der Waals surface area contributed by atoms with Crippen LogP contribution in [0.1, 0.15) is 31.2 Å². The molecule has 0 radical (unpaired) electrons. The van der Waals surface area contributed by atoms with Crippen molar-refractivity contribution in [2.45, 2.75) is 32.1 Å². The molecule has 1 aromatic rings. The molecule has 0 spiro atoms. The minimum absolute atomic E-state index is 0.926. The van der Waals surface area contributed by atoms with Gasteiger partial charge in [0.05, 0.1) is 7.11 Å². The van der Waals surface area contributed by atoms with Crippen molar-refractivity contribution in [1.29, 1.82) is 0 Å². The van der Waals surface area contributed by atoms with Crippen LogP contribution in [-0.2, 0) is 6.42 Å². The van der Waals surface area contributed by atoms with Crippen LogP contribution in [0.5, 0.6) is 5.75 Å². The third-order valence-corrected chi connectivity index (χ3v) is 4.56. The van der Waals surface area contributed by atoms with E-state index in [1.807, 2.05) is 0 Å². The lowest BCUT2D eigenvalue weighted by atomic mass is 9.84. The fourth-order valence-electron chi connectivity index (χ4n) is 3.78. The average Bonchev–Trinajstić information content (AvgIpc) is 2.92. The smallest absolute Gasteiger partial charge is 0.122 e. The zero-order valence-electron chi connectivity index (χ0n) is 9.99. The third kappa shape index (κ3) is 1.73. The topological polar surface area (TPSA) is 9.23 Å². The van der Waals surface area contributed by atoms with Crippen LogP contribution in [0.25, 0.3) is 0 Å². The van der Waals surface area contributed by atoms with Crippen LogP contribution in [0.3, 0.4) is 0 Å². The molecule has 0 unspecified atom stereocenters. The molecule has 86 valence electrons. The molecule has 2 aliphatic rings. The summed E-state index contributed by atoms with van der Waals surface area (Å²) in [4.78, 5) is 0. The predicted octanol–water partition coefficient (Wildman–Crippen LogP) is 3.67. The fraction of sp³-hybridized carbons (Fsp3) is 0.600. The van der Waals surface area contributed by atoms with Gasteiger partial charge in [0.15, 0.2) is 0 Å². The molecule has 3 rings (SSSR count). The number of hydrogen-bond acceptors (Lipinski definition) is 1. The average molecular weight is 216 g/mol. The van der Waals surface area contributed by atoms with Crippen molar-refractivity contribution in [1.82, 2.24) is 0 Å². The SMILES string of the molecule is COc1ccccc1C[C@H]1C[C@@H]2CC[C@H]1C2. The highest BCUT2D eigenvalue weighted by Gasteiger charge is 2.39. The maximum Gasteiger partial charge on any atom is 0.122 e. The monoisotopic (exact) mass is 216 g/mol. The Labute approximate surface area is 97.8 Å². The zero-order valence-corrected chi connectivity index (χ0v) is 9.99. The number of methoxy groups -OCH3 is 1. The predicted molar refractivity (Wildman–Crippen MR) is 65.6 cm³/mol. The minimum Gasteiger partial charge on any atom is -0.496 e. The minimum atomic E-state index is 0.926. The number of ether oxygens (including phenoxy) is 1. The second-order valence-electron chi connectivity index (χ2n) is 5.45. The number of para-hydroxylation sites is 1. The van der Waals surface area contributed by atoms with Gasteiger partial charge in [0, 0.05) is 0 Å². The number of fused-ring (bicyclic) bond motifs is 2. The first kappa shape index (κ1) is 10.2. The Balaban J connectivity index is 1.74. The highest BCUT2D eigenvalue weighted by atomic mass is 16.5. The van der Waals surface area contributed by atoms with Gasteiger partial charge >= 0.3 is 0 Å². The molecule has 0 aliphatic heterocycles. The Hall–Kier alpha value is -0.980. The molecular formula is C15H20O. The second-order valence-corrected chi connectivity index (χ2v) is 5.45. The molecule has 1 aromatic carbocycles. The van der Waals surface area contributed by atoms with Gasteiger partial charge in [0.1, 0.15) is 5.75 Å². The Kier molecular flexibility index (Phi) is 2.62. The van der Waals surface area contributed by atoms with E-state index in [1.165, 1.54) is 37.7 Å². The summed E-state index contributed by atoms with van der Waals surface area (Å²) in [5.41, 5.74) is 1.41. The summed E-state index contributed by atoms with van der Waals surface area (Å²) in [6.07, 6.45) is 7.16. The first-order valence-corrected chi connectivity index (χ1v) is 6.48. The quantitative estimate of drug-likeness (QED) is 0.749. The van der Waals surface area contributed by atoms with Crippen molar-refractivity contribution < 1.29 is 4.74 Å². The van der Waals surface area contributed by atoms with E-state index < -0.39 is 0 Å². The van der Waals surface area contributed by atoms with Crippen LogP contribution >= 0.6 is 0 Å². The lowest BCUT2D eigenvalue weighted by Gasteiger charge is -2.22. The van der Waals surface area contributed by atoms with Crippen molar-refractivity contribution in [3.8, 4) is 5.75 Å². The molecule has 1 nitrogen and oxygen atoms in total. The maximum absolute atomic E-state index is 5.44. The van der Waals surface area contributed by atoms with Gasteiger partial charge in [0.25, 0.3) is 0 Å². The molecule has 1 heteroatoms. The van der Waals surface area contributed by atoms with Crippen LogP contribution in [-0.4, -0.2) is 7.11 Å². The molecule has 2 saturated carbocycles. The highest BCUT2D eigenvalue weighted by molar-refractivity contribution is 5.33. The van der Waals surface area contributed by atoms with E-state index >= 15 is 0 Å². The summed E-state index contributed by atoms with van der Waals surface area (Å²) < 4.78 is 5.44. The molecule has 2 fully saturated rings. The van der Waals surface area contributed by atoms with Gasteiger partial charge in [-0.3, -0.25) is 0 Å². The molecule has 2 bridgehead atoms. The van der Waals surface area contributed by atoms with Gasteiger partial charge in [-0.2, -0.15) is 0 Å². The molecule has 0 heterocycles. The maximum atomic E-state index is 5.44. The fourth-order valence-corrected chi connectivity index (χ4v) is 3.78. The van der Waals surface area contributed by atoms with Gasteiger partial charge in [-0.1, -0.05) is 24.6 Å². The first-order valence-electron chi connectivity index (χ1n) is 6.48. The van der Waals surface area contributed by atoms with E-state index in [0.29, 0.717) is 0 Å². The highest BCUT2D eigenvalue weighted by Crippen LogP contribution is 2.49. The van der Waals surface area contributed by atoms with E-state index in [9.17, 15) is 0 Å². The van der Waals surface area contributed by atoms with E-state index in [4.69, 9.17) is 4.74 Å². The van der Waals surface area contributed by atoms with Crippen molar-refractivity contribution in [2.75, 3.05) is 7.11 Å². The molecule has 2 aliphatic carbocycles. The summed E-state index contributed by atoms with van der Waals surface area (Å²) >= 11 is 0. The van der Waals surface area contributed by atoms with Crippen LogP contribution < -0.4 is 4.74 Å². The van der Waals surface area contributed by atoms with Crippen molar-refractivity contribution in [3.63, 3.8) is 0 Å². The second kappa shape index (κ2) is 4.12. The lowest BCUT2D eigenvalue weighted by Crippen LogP contribution is -2.13. The normalized spacial score (nSPS) is 31.9. The summed E-state index contributed by atoms with van der Waals surface area (Å²) in [6.45, 7) is 0. The molecule has 16 heavy (non-hydrogen) atoms. The van der Waals surface area contributed by atoms with Gasteiger partial charge in [-0.25, -0.2) is 0 Å². The van der Waals surface area contributed by atoms with Crippen molar-refractivity contribution >= 4 is 0 Å². The molecule has 0 saturated heterocycles. The Morgan fingerprint density at radius 2 is 2.06 bits per heavy atom. The van der Waals surface area contributed by atoms with E-state index in [2.05, 4.69) is 24.3 Å². The molecule has 0 aromatic heterocycles. The van der Waals surface area contributed by atoms with Crippen molar-refractivity contribution in [3.05, 3.63) is 29.8 Å². The standard InChI is InChI=1S/C15H20O/c1-16-15-5-3-2-4-13(15)10-14-9-11-6-7-12(14)8-11/h2-5,11-12,14H,6-10H2,1H3/t11-,12+,14-/m1/s1. The third-order valence-electron chi connectivity index (χ3n) is 4.56. The summed E-state index contributed by atoms with van der Waals surface area (Å²) in [5.74, 6) is 4.06. The van der Waals surface area contributed by atoms with Gasteiger partial charge < -0.3 is 4.74 Å². The van der Waals surface area contributed by atoms with Gasteiger partial charge in [0.2, 0.25) is 0 Å². The number of hydrogen-bond donors (Lipinski definition) is 0. The number of rotatable bonds is 3. The van der Waals surface area contributed by atoms with E-state index in [1.54, 1.807) is 7.11 Å². The molecule has 3 atom stereocenters. The summed E-state index contributed by atoms with van der Waals surface area (Å²) in [5, 5.41) is 0. The summed E-state index contributed by atoms with van der Waals surface area (Å²) in [7, 11) is 1.78. The van der Waals surface area contributed by atoms with Crippen LogP contribution in [0.2, 0.25) is 0 Å². The van der Waals surface area contributed by atoms with Gasteiger partial charge in [-0.15, -0.1) is 0 Å². The largest absolute Gasteiger partial charge is 0.496 e. The Morgan fingerprint density at radius 1 is 1.19 bits per heavy atom. The Morgan fingerprint density at radius 3 is 2.75 bits per heavy atom. The first-order chi connectivity index (χ1) is 7.86. The molecule has 0 N–H and O–H groups in total. The van der Waals surface area contributed by atoms with Crippen LogP contribution in [0.4, 0.5) is 0 Å². The molecule has 0 amide bonds. The van der Waals surface area contributed by atoms with Gasteiger partial charge in [-0.05, 0) is 55.1 Å². The Bertz CT molecular complexity index is 371. The van der Waals surface area contributed by atoms with E-state index in [-0.39, 0.29) is 0 Å². The van der Waals surface area contributed by atoms with Crippen molar-refractivity contribution in [2.24, 2.45) is 17.8 Å². The van der Waals surface area contributed by atoms with E-state index in [0.717, 1.165) is 23.5 Å². The number of benzene rings is 1. The van der Waals surface area contributed by atoms with Crippen LogP contribution in [0, 0.1) is 17.8 Å². The lowest BCUT2D eigenvalue weighted by molar-refractivity contribution is 0.325. The molecular weight excluding hydrogens is 196 g/mol. The summed E-state index contributed by atoms with van der Waals surface area (Å²) in [6, 6.07) is 8.50. The van der Waals surface area contributed by atoms with Crippen LogP contribution in [0.15, 0.2) is 24.3 Å².